The SMILES string of the molecule is CCN1CCc2cnc(C(=O)Nc3cccc(C(=N)N(N)C(C)CO)n3)cc2C1. The Morgan fingerprint density at radius 2 is 2.21 bits per heavy atom. The van der Waals surface area contributed by atoms with Crippen molar-refractivity contribution in [3.63, 3.8) is 0 Å². The van der Waals surface area contributed by atoms with Gasteiger partial charge in [-0.05, 0) is 49.2 Å². The van der Waals surface area contributed by atoms with Crippen molar-refractivity contribution in [3.8, 4) is 0 Å². The number of amidine groups is 1. The number of hydrogen-bond acceptors (Lipinski definition) is 7. The van der Waals surface area contributed by atoms with E-state index in [2.05, 4.69) is 27.1 Å². The number of carbonyl (C=O) groups excluding carboxylic acids is 1. The van der Waals surface area contributed by atoms with Crippen molar-refractivity contribution in [2.24, 2.45) is 5.84 Å². The number of pyridine rings is 2. The fraction of sp³-hybridized carbons (Fsp3) is 0.400. The van der Waals surface area contributed by atoms with Crippen LogP contribution >= 0.6 is 0 Å². The Kier molecular flexibility index (Phi) is 6.53. The van der Waals surface area contributed by atoms with Gasteiger partial charge in [-0.2, -0.15) is 0 Å². The fourth-order valence-electron chi connectivity index (χ4n) is 3.15. The van der Waals surface area contributed by atoms with Crippen molar-refractivity contribution in [1.29, 1.82) is 5.41 Å². The van der Waals surface area contributed by atoms with Crippen LogP contribution in [0.25, 0.3) is 0 Å². The number of aliphatic hydroxyl groups is 1. The highest BCUT2D eigenvalue weighted by atomic mass is 16.3. The summed E-state index contributed by atoms with van der Waals surface area (Å²) in [6, 6.07) is 6.36. The monoisotopic (exact) mass is 397 g/mol. The predicted octanol–water partition coefficient (Wildman–Crippen LogP) is 0.989. The molecule has 1 amide bonds. The average molecular weight is 397 g/mol. The van der Waals surface area contributed by atoms with Crippen molar-refractivity contribution < 1.29 is 9.90 Å². The Bertz CT molecular complexity index is 902. The number of hydrazine groups is 1. The number of anilines is 1. The van der Waals surface area contributed by atoms with E-state index in [1.54, 1.807) is 31.3 Å². The highest BCUT2D eigenvalue weighted by Crippen LogP contribution is 2.19. The van der Waals surface area contributed by atoms with E-state index in [0.717, 1.165) is 36.6 Å². The van der Waals surface area contributed by atoms with Crippen molar-refractivity contribution in [2.75, 3.05) is 25.0 Å². The molecule has 9 nitrogen and oxygen atoms in total. The molecule has 3 rings (SSSR count). The number of likely N-dealkylation sites (N-methyl/N-ethyl adjacent to an activating group) is 1. The lowest BCUT2D eigenvalue weighted by molar-refractivity contribution is 0.102. The highest BCUT2D eigenvalue weighted by Gasteiger charge is 2.19. The molecule has 1 aliphatic rings. The first-order valence-corrected chi connectivity index (χ1v) is 9.65. The zero-order valence-electron chi connectivity index (χ0n) is 16.7. The molecule has 2 aromatic heterocycles. The van der Waals surface area contributed by atoms with Crippen molar-refractivity contribution in [1.82, 2.24) is 19.9 Å². The summed E-state index contributed by atoms with van der Waals surface area (Å²) >= 11 is 0. The van der Waals surface area contributed by atoms with Gasteiger partial charge in [-0.25, -0.2) is 10.8 Å². The highest BCUT2D eigenvalue weighted by molar-refractivity contribution is 6.03. The van der Waals surface area contributed by atoms with Crippen molar-refractivity contribution in [3.05, 3.63) is 53.0 Å². The lowest BCUT2D eigenvalue weighted by Crippen LogP contribution is -2.46. The Morgan fingerprint density at radius 1 is 1.41 bits per heavy atom. The van der Waals surface area contributed by atoms with E-state index >= 15 is 0 Å². The minimum atomic E-state index is -0.426. The van der Waals surface area contributed by atoms with Gasteiger partial charge in [0.25, 0.3) is 5.91 Å². The van der Waals surface area contributed by atoms with Gasteiger partial charge in [0.05, 0.1) is 12.6 Å². The maximum absolute atomic E-state index is 12.7. The molecule has 9 heteroatoms. The van der Waals surface area contributed by atoms with E-state index in [-0.39, 0.29) is 18.3 Å². The summed E-state index contributed by atoms with van der Waals surface area (Å²) in [7, 11) is 0. The lowest BCUT2D eigenvalue weighted by Gasteiger charge is -2.27. The van der Waals surface area contributed by atoms with Gasteiger partial charge in [-0.1, -0.05) is 13.0 Å². The van der Waals surface area contributed by atoms with Crippen LogP contribution in [0.1, 0.15) is 41.2 Å². The van der Waals surface area contributed by atoms with Crippen LogP contribution in [0.15, 0.2) is 30.5 Å². The van der Waals surface area contributed by atoms with Gasteiger partial charge >= 0.3 is 0 Å². The third-order valence-electron chi connectivity index (χ3n) is 5.08. The van der Waals surface area contributed by atoms with Crippen molar-refractivity contribution >= 4 is 17.6 Å². The maximum Gasteiger partial charge on any atom is 0.275 e. The molecule has 2 aromatic rings. The predicted molar refractivity (Wildman–Crippen MR) is 110 cm³/mol. The van der Waals surface area contributed by atoms with Crippen LogP contribution in [-0.2, 0) is 13.0 Å². The molecule has 0 saturated heterocycles. The van der Waals surface area contributed by atoms with E-state index in [4.69, 9.17) is 11.3 Å². The number of hydrogen-bond donors (Lipinski definition) is 4. The number of carbonyl (C=O) groups is 1. The molecule has 5 N–H and O–H groups in total. The summed E-state index contributed by atoms with van der Waals surface area (Å²) in [5.41, 5.74) is 2.93. The van der Waals surface area contributed by atoms with E-state index < -0.39 is 6.04 Å². The van der Waals surface area contributed by atoms with Crippen LogP contribution in [0.4, 0.5) is 5.82 Å². The summed E-state index contributed by atoms with van der Waals surface area (Å²) in [5.74, 6) is 5.74. The topological polar surface area (TPSA) is 131 Å². The molecular formula is C20H27N7O2. The molecule has 0 radical (unpaired) electrons. The van der Waals surface area contributed by atoms with Gasteiger partial charge in [0.2, 0.25) is 0 Å². The van der Waals surface area contributed by atoms with Crippen LogP contribution < -0.4 is 11.2 Å². The number of nitrogens with zero attached hydrogens (tertiary/aromatic N) is 4. The normalized spacial score (nSPS) is 14.8. The third kappa shape index (κ3) is 4.76. The molecule has 0 saturated carbocycles. The molecule has 1 atom stereocenters. The van der Waals surface area contributed by atoms with Crippen LogP contribution in [-0.4, -0.2) is 62.5 Å². The standard InChI is InChI=1S/C20H27N7O2/c1-3-26-8-7-14-10-23-17(9-15(14)11-26)20(29)25-18-6-4-5-16(24-18)19(21)27(22)13(2)12-28/h4-6,9-10,13,21,28H,3,7-8,11-12,22H2,1-2H3,(H,24,25,29). The first-order chi connectivity index (χ1) is 13.9. The molecule has 0 aliphatic carbocycles. The van der Waals surface area contributed by atoms with E-state index in [1.165, 1.54) is 5.56 Å². The summed E-state index contributed by atoms with van der Waals surface area (Å²) in [4.78, 5) is 23.6. The van der Waals surface area contributed by atoms with Crippen LogP contribution in [0, 0.1) is 5.41 Å². The second-order valence-corrected chi connectivity index (χ2v) is 7.11. The fourth-order valence-corrected chi connectivity index (χ4v) is 3.15. The molecular weight excluding hydrogens is 370 g/mol. The van der Waals surface area contributed by atoms with Gasteiger partial charge in [0.15, 0.2) is 5.84 Å². The van der Waals surface area contributed by atoms with Crippen LogP contribution in [0.2, 0.25) is 0 Å². The molecule has 0 fully saturated rings. The Labute approximate surface area is 170 Å². The van der Waals surface area contributed by atoms with E-state index in [0.29, 0.717) is 17.2 Å². The largest absolute Gasteiger partial charge is 0.394 e. The maximum atomic E-state index is 12.7. The minimum absolute atomic E-state index is 0.0470. The van der Waals surface area contributed by atoms with Crippen LogP contribution in [0.5, 0.6) is 0 Å². The number of nitrogens with two attached hydrogens (primary N) is 1. The molecule has 0 spiro atoms. The second kappa shape index (κ2) is 9.08. The smallest absolute Gasteiger partial charge is 0.275 e. The first kappa shape index (κ1) is 20.8. The second-order valence-electron chi connectivity index (χ2n) is 7.11. The Balaban J connectivity index is 1.74. The van der Waals surface area contributed by atoms with E-state index in [1.807, 2.05) is 6.07 Å². The minimum Gasteiger partial charge on any atom is -0.394 e. The van der Waals surface area contributed by atoms with Crippen molar-refractivity contribution in [2.45, 2.75) is 32.9 Å². The Hall–Kier alpha value is -2.88. The summed E-state index contributed by atoms with van der Waals surface area (Å²) in [6.07, 6.45) is 2.71. The molecule has 1 aliphatic heterocycles. The summed E-state index contributed by atoms with van der Waals surface area (Å²) in [5, 5.41) is 21.2. The zero-order valence-corrected chi connectivity index (χ0v) is 16.7. The summed E-state index contributed by atoms with van der Waals surface area (Å²) < 4.78 is 0. The van der Waals surface area contributed by atoms with Gasteiger partial charge in [-0.3, -0.25) is 25.1 Å². The molecule has 0 aromatic carbocycles. The molecule has 29 heavy (non-hydrogen) atoms. The molecule has 1 unspecified atom stereocenters. The molecule has 154 valence electrons. The van der Waals surface area contributed by atoms with Gasteiger partial charge in [-0.15, -0.1) is 0 Å². The number of nitrogens with one attached hydrogen (secondary N) is 2. The first-order valence-electron chi connectivity index (χ1n) is 9.65. The quantitative estimate of drug-likeness (QED) is 0.247. The molecule has 0 bridgehead atoms. The Morgan fingerprint density at radius 3 is 2.93 bits per heavy atom. The molecule has 3 heterocycles. The number of aliphatic hydroxyl groups excluding tert-OH is 1. The lowest BCUT2D eigenvalue weighted by atomic mass is 10.0. The number of amides is 1. The van der Waals surface area contributed by atoms with Crippen LogP contribution in [0.3, 0.4) is 0 Å². The number of rotatable bonds is 6. The third-order valence-corrected chi connectivity index (χ3v) is 5.08. The van der Waals surface area contributed by atoms with E-state index in [9.17, 15) is 9.90 Å². The van der Waals surface area contributed by atoms with Gasteiger partial charge < -0.3 is 10.4 Å². The average Bonchev–Trinajstić information content (AvgIpc) is 2.76. The number of aromatic nitrogens is 2. The number of fused-ring (bicyclic) bond motifs is 1. The van der Waals surface area contributed by atoms with Gasteiger partial charge in [0, 0.05) is 19.3 Å². The zero-order chi connectivity index (χ0) is 21.0. The summed E-state index contributed by atoms with van der Waals surface area (Å²) in [6.45, 7) is 6.43. The van der Waals surface area contributed by atoms with Gasteiger partial charge in [0.1, 0.15) is 17.2 Å².